The molecule has 13 heteroatoms. The van der Waals surface area contributed by atoms with Crippen molar-refractivity contribution in [3.8, 4) is 17.0 Å². The molecule has 2 rings (SSSR count). The number of nitrogens with two attached hydrogens (primary N) is 1. The Morgan fingerprint density at radius 1 is 1.31 bits per heavy atom. The van der Waals surface area contributed by atoms with Crippen molar-refractivity contribution >= 4 is 17.5 Å². The van der Waals surface area contributed by atoms with Crippen molar-refractivity contribution in [3.63, 3.8) is 0 Å². The van der Waals surface area contributed by atoms with Gasteiger partial charge >= 0.3 is 6.18 Å². The second-order valence-corrected chi connectivity index (χ2v) is 7.25. The molecule has 1 aromatic heterocycles. The fourth-order valence-corrected chi connectivity index (χ4v) is 3.07. The van der Waals surface area contributed by atoms with Crippen LogP contribution in [0.25, 0.3) is 11.3 Å². The van der Waals surface area contributed by atoms with E-state index in [9.17, 15) is 31.5 Å². The predicted octanol–water partition coefficient (Wildman–Crippen LogP) is 3.13. The molecule has 0 bridgehead atoms. The number of benzene rings is 1. The van der Waals surface area contributed by atoms with Crippen molar-refractivity contribution in [1.82, 2.24) is 14.9 Å². The normalized spacial score (nSPS) is 12.6. The first-order chi connectivity index (χ1) is 14.9. The Labute approximate surface area is 184 Å². The third kappa shape index (κ3) is 5.74. The molecule has 1 atom stereocenters. The fraction of sp³-hybridized carbons (Fsp3) is 0.421. The lowest BCUT2D eigenvalue weighted by molar-refractivity contribution is -0.172. The summed E-state index contributed by atoms with van der Waals surface area (Å²) in [5.74, 6) is -6.16. The average Bonchev–Trinajstić information content (AvgIpc) is 2.68. The highest BCUT2D eigenvalue weighted by molar-refractivity contribution is 6.32. The summed E-state index contributed by atoms with van der Waals surface area (Å²) in [6.45, 7) is 0.410. The van der Waals surface area contributed by atoms with Crippen LogP contribution in [0.1, 0.15) is 23.8 Å². The Bertz CT molecular complexity index is 1040. The number of hydrogen-bond acceptors (Lipinski definition) is 5. The molecule has 176 valence electrons. The molecule has 1 aromatic carbocycles. The maximum absolute atomic E-state index is 14.8. The van der Waals surface area contributed by atoms with E-state index in [1.165, 1.54) is 0 Å². The number of rotatable bonds is 9. The SMILES string of the molecule is CNCCCOc1cc(F)c(-c2c(Cl)nc(C(N)=O)c(=O)n2CC(C)C(F)(F)F)c(F)c1. The first-order valence-electron chi connectivity index (χ1n) is 9.32. The summed E-state index contributed by atoms with van der Waals surface area (Å²) >= 11 is 5.95. The topological polar surface area (TPSA) is 99.2 Å². The van der Waals surface area contributed by atoms with Crippen LogP contribution >= 0.6 is 11.6 Å². The van der Waals surface area contributed by atoms with Gasteiger partial charge in [-0.2, -0.15) is 13.2 Å². The zero-order valence-corrected chi connectivity index (χ0v) is 17.8. The second kappa shape index (κ2) is 10.3. The number of aromatic nitrogens is 2. The molecule has 0 aliphatic carbocycles. The minimum atomic E-state index is -4.75. The van der Waals surface area contributed by atoms with E-state index in [4.69, 9.17) is 22.1 Å². The maximum Gasteiger partial charge on any atom is 0.393 e. The minimum Gasteiger partial charge on any atom is -0.493 e. The molecular weight excluding hydrogens is 463 g/mol. The van der Waals surface area contributed by atoms with E-state index in [0.29, 0.717) is 17.5 Å². The van der Waals surface area contributed by atoms with Gasteiger partial charge in [0.05, 0.1) is 23.8 Å². The highest BCUT2D eigenvalue weighted by Crippen LogP contribution is 2.35. The van der Waals surface area contributed by atoms with Gasteiger partial charge in [0.15, 0.2) is 10.8 Å². The number of hydrogen-bond donors (Lipinski definition) is 2. The zero-order valence-electron chi connectivity index (χ0n) is 17.0. The Morgan fingerprint density at radius 3 is 2.41 bits per heavy atom. The van der Waals surface area contributed by atoms with E-state index in [-0.39, 0.29) is 12.4 Å². The number of amides is 1. The molecule has 0 spiro atoms. The standard InChI is InChI=1S/C19H20ClF5N4O3/c1-9(19(23,24)25)8-29-15(16(20)28-14(17(26)30)18(29)31)13-11(21)6-10(7-12(13)22)32-5-3-4-27-2/h6-7,9,27H,3-5,8H2,1-2H3,(H2,26,30). The molecule has 0 fully saturated rings. The van der Waals surface area contributed by atoms with Gasteiger partial charge in [-0.15, -0.1) is 0 Å². The fourth-order valence-electron chi connectivity index (χ4n) is 2.79. The number of primary amides is 1. The van der Waals surface area contributed by atoms with Crippen molar-refractivity contribution in [2.75, 3.05) is 20.2 Å². The van der Waals surface area contributed by atoms with Gasteiger partial charge in [-0.1, -0.05) is 18.5 Å². The van der Waals surface area contributed by atoms with Gasteiger partial charge < -0.3 is 20.4 Å². The van der Waals surface area contributed by atoms with Crippen LogP contribution in [0.4, 0.5) is 22.0 Å². The first-order valence-corrected chi connectivity index (χ1v) is 9.69. The van der Waals surface area contributed by atoms with Crippen LogP contribution in [0, 0.1) is 17.6 Å². The van der Waals surface area contributed by atoms with Gasteiger partial charge in [0, 0.05) is 18.7 Å². The van der Waals surface area contributed by atoms with Crippen LogP contribution in [-0.4, -0.2) is 41.8 Å². The molecule has 7 nitrogen and oxygen atoms in total. The summed E-state index contributed by atoms with van der Waals surface area (Å²) in [5, 5.41) is 2.10. The number of carbonyl (C=O) groups is 1. The number of nitrogens with one attached hydrogen (secondary N) is 1. The number of alkyl halides is 3. The lowest BCUT2D eigenvalue weighted by Gasteiger charge is -2.21. The average molecular weight is 483 g/mol. The molecule has 0 radical (unpaired) electrons. The van der Waals surface area contributed by atoms with E-state index in [1.54, 1.807) is 7.05 Å². The van der Waals surface area contributed by atoms with Crippen molar-refractivity contribution in [1.29, 1.82) is 0 Å². The highest BCUT2D eigenvalue weighted by Gasteiger charge is 2.37. The number of carbonyl (C=O) groups excluding carboxylic acids is 1. The molecule has 0 saturated carbocycles. The van der Waals surface area contributed by atoms with Crippen LogP contribution in [-0.2, 0) is 6.54 Å². The van der Waals surface area contributed by atoms with Crippen LogP contribution in [0.2, 0.25) is 5.15 Å². The van der Waals surface area contributed by atoms with Gasteiger partial charge in [-0.25, -0.2) is 13.8 Å². The molecule has 0 saturated heterocycles. The third-order valence-corrected chi connectivity index (χ3v) is 4.73. The second-order valence-electron chi connectivity index (χ2n) is 6.89. The van der Waals surface area contributed by atoms with E-state index >= 15 is 0 Å². The molecular formula is C19H20ClF5N4O3. The van der Waals surface area contributed by atoms with E-state index < -0.39 is 63.8 Å². The predicted molar refractivity (Wildman–Crippen MR) is 107 cm³/mol. The molecule has 0 aliphatic heterocycles. The van der Waals surface area contributed by atoms with Gasteiger partial charge in [-0.05, 0) is 20.0 Å². The Balaban J connectivity index is 2.65. The van der Waals surface area contributed by atoms with Crippen molar-refractivity contribution < 1.29 is 31.5 Å². The highest BCUT2D eigenvalue weighted by atomic mass is 35.5. The lowest BCUT2D eigenvalue weighted by atomic mass is 10.1. The van der Waals surface area contributed by atoms with Crippen LogP contribution in [0.15, 0.2) is 16.9 Å². The van der Waals surface area contributed by atoms with Gasteiger partial charge in [0.2, 0.25) is 0 Å². The molecule has 3 N–H and O–H groups in total. The minimum absolute atomic E-state index is 0.141. The van der Waals surface area contributed by atoms with Crippen molar-refractivity contribution in [3.05, 3.63) is 45.0 Å². The summed E-state index contributed by atoms with van der Waals surface area (Å²) in [7, 11) is 1.72. The molecule has 2 aromatic rings. The number of ether oxygens (including phenoxy) is 1. The maximum atomic E-state index is 14.8. The number of nitrogens with zero attached hydrogens (tertiary/aromatic N) is 2. The number of halogens is 6. The molecule has 0 aliphatic rings. The summed E-state index contributed by atoms with van der Waals surface area (Å²) < 4.78 is 74.7. The van der Waals surface area contributed by atoms with Crippen LogP contribution in [0.3, 0.4) is 0 Å². The summed E-state index contributed by atoms with van der Waals surface area (Å²) in [6.07, 6.45) is -4.21. The van der Waals surface area contributed by atoms with Crippen molar-refractivity contribution in [2.24, 2.45) is 11.7 Å². The molecule has 1 unspecified atom stereocenters. The van der Waals surface area contributed by atoms with Crippen LogP contribution < -0.4 is 21.3 Å². The van der Waals surface area contributed by atoms with Crippen LogP contribution in [0.5, 0.6) is 5.75 Å². The third-order valence-electron chi connectivity index (χ3n) is 4.46. The smallest absolute Gasteiger partial charge is 0.393 e. The lowest BCUT2D eigenvalue weighted by Crippen LogP contribution is -2.36. The largest absolute Gasteiger partial charge is 0.493 e. The van der Waals surface area contributed by atoms with Gasteiger partial charge in [0.25, 0.3) is 11.5 Å². The quantitative estimate of drug-likeness (QED) is 0.422. The Morgan fingerprint density at radius 2 is 1.91 bits per heavy atom. The first kappa shape index (κ1) is 25.5. The van der Waals surface area contributed by atoms with E-state index in [0.717, 1.165) is 19.1 Å². The Kier molecular flexibility index (Phi) is 8.18. The van der Waals surface area contributed by atoms with E-state index in [1.807, 2.05) is 0 Å². The monoisotopic (exact) mass is 482 g/mol. The van der Waals surface area contributed by atoms with E-state index in [2.05, 4.69) is 10.3 Å². The Hall–Kier alpha value is -2.73. The molecule has 1 heterocycles. The zero-order chi connectivity index (χ0) is 24.2. The van der Waals surface area contributed by atoms with Crippen molar-refractivity contribution in [2.45, 2.75) is 26.1 Å². The molecule has 1 amide bonds. The van der Waals surface area contributed by atoms with Gasteiger partial charge in [0.1, 0.15) is 17.4 Å². The summed E-state index contributed by atoms with van der Waals surface area (Å²) in [4.78, 5) is 27.5. The summed E-state index contributed by atoms with van der Waals surface area (Å²) in [5.41, 5.74) is 1.07. The molecule has 32 heavy (non-hydrogen) atoms. The summed E-state index contributed by atoms with van der Waals surface area (Å²) in [6, 6.07) is 1.61. The van der Waals surface area contributed by atoms with Gasteiger partial charge in [-0.3, -0.25) is 9.59 Å².